The molecule has 0 unspecified atom stereocenters. The molecule has 0 aliphatic carbocycles. The van der Waals surface area contributed by atoms with Crippen LogP contribution in [0.25, 0.3) is 44.3 Å². The van der Waals surface area contributed by atoms with Gasteiger partial charge in [0.15, 0.2) is 6.20 Å². The SMILES string of the molecule is Cc1ccc2c(oc3c(-c4ccc5c(c4)OCC5(C)C)cccc32)c1-c1cccc[n+]1C. The van der Waals surface area contributed by atoms with Crippen LogP contribution in [0.15, 0.2) is 77.3 Å². The number of fused-ring (bicyclic) bond motifs is 4. The molecule has 0 atom stereocenters. The maximum Gasteiger partial charge on any atom is 0.216 e. The molecule has 0 fully saturated rings. The van der Waals surface area contributed by atoms with Gasteiger partial charge >= 0.3 is 0 Å². The number of benzene rings is 3. The van der Waals surface area contributed by atoms with E-state index in [0.717, 1.165) is 56.7 Å². The molecule has 0 saturated heterocycles. The molecule has 0 radical (unpaired) electrons. The van der Waals surface area contributed by atoms with Crippen molar-refractivity contribution in [1.82, 2.24) is 0 Å². The van der Waals surface area contributed by atoms with Crippen molar-refractivity contribution in [3.8, 4) is 28.1 Å². The summed E-state index contributed by atoms with van der Waals surface area (Å²) >= 11 is 0. The number of furan rings is 1. The minimum Gasteiger partial charge on any atom is -0.492 e. The summed E-state index contributed by atoms with van der Waals surface area (Å²) in [4.78, 5) is 0. The lowest BCUT2D eigenvalue weighted by Crippen LogP contribution is -2.30. The quantitative estimate of drug-likeness (QED) is 0.296. The van der Waals surface area contributed by atoms with E-state index in [-0.39, 0.29) is 5.41 Å². The maximum atomic E-state index is 6.67. The summed E-state index contributed by atoms with van der Waals surface area (Å²) in [6.45, 7) is 7.32. The minimum atomic E-state index is 0.0525. The topological polar surface area (TPSA) is 26.2 Å². The van der Waals surface area contributed by atoms with Crippen molar-refractivity contribution in [3.63, 3.8) is 0 Å². The molecular formula is C29H26NO2+. The second kappa shape index (κ2) is 6.70. The zero-order valence-corrected chi connectivity index (χ0v) is 18.9. The Bertz CT molecular complexity index is 1520. The molecule has 0 bridgehead atoms. The van der Waals surface area contributed by atoms with Crippen LogP contribution in [0.5, 0.6) is 5.75 Å². The number of hydrogen-bond acceptors (Lipinski definition) is 2. The molecule has 158 valence electrons. The molecule has 0 spiro atoms. The summed E-state index contributed by atoms with van der Waals surface area (Å²) in [5.41, 5.74) is 8.89. The van der Waals surface area contributed by atoms with Crippen LogP contribution in [0.1, 0.15) is 25.0 Å². The second-order valence-corrected chi connectivity index (χ2v) is 9.50. The van der Waals surface area contributed by atoms with E-state index >= 15 is 0 Å². The zero-order chi connectivity index (χ0) is 22.0. The van der Waals surface area contributed by atoms with Crippen molar-refractivity contribution in [2.45, 2.75) is 26.2 Å². The maximum absolute atomic E-state index is 6.67. The number of aromatic nitrogens is 1. The van der Waals surface area contributed by atoms with Crippen LogP contribution in [-0.2, 0) is 12.5 Å². The molecule has 1 aliphatic rings. The lowest BCUT2D eigenvalue weighted by Gasteiger charge is -2.15. The molecule has 32 heavy (non-hydrogen) atoms. The largest absolute Gasteiger partial charge is 0.492 e. The number of pyridine rings is 1. The van der Waals surface area contributed by atoms with Gasteiger partial charge in [-0.2, -0.15) is 0 Å². The van der Waals surface area contributed by atoms with E-state index in [1.807, 2.05) is 6.07 Å². The molecule has 0 N–H and O–H groups in total. The third-order valence-corrected chi connectivity index (χ3v) is 6.80. The van der Waals surface area contributed by atoms with Gasteiger partial charge in [-0.25, -0.2) is 4.57 Å². The van der Waals surface area contributed by atoms with E-state index in [4.69, 9.17) is 9.15 Å². The van der Waals surface area contributed by atoms with Crippen LogP contribution >= 0.6 is 0 Å². The predicted molar refractivity (Wildman–Crippen MR) is 129 cm³/mol. The fourth-order valence-electron chi connectivity index (χ4n) is 4.99. The average Bonchev–Trinajstić information content (AvgIpc) is 3.31. The highest BCUT2D eigenvalue weighted by Gasteiger charge is 2.32. The highest BCUT2D eigenvalue weighted by atomic mass is 16.5. The van der Waals surface area contributed by atoms with E-state index in [1.54, 1.807) is 0 Å². The lowest BCUT2D eigenvalue weighted by molar-refractivity contribution is -0.660. The van der Waals surface area contributed by atoms with Gasteiger partial charge in [0.25, 0.3) is 0 Å². The number of nitrogens with zero attached hydrogens (tertiary/aromatic N) is 1. The molecule has 3 heterocycles. The van der Waals surface area contributed by atoms with Crippen LogP contribution in [0, 0.1) is 6.92 Å². The van der Waals surface area contributed by atoms with Gasteiger partial charge in [0.05, 0.1) is 12.2 Å². The Morgan fingerprint density at radius 3 is 2.56 bits per heavy atom. The Morgan fingerprint density at radius 1 is 0.875 bits per heavy atom. The van der Waals surface area contributed by atoms with Gasteiger partial charge in [0.1, 0.15) is 24.0 Å². The van der Waals surface area contributed by atoms with Gasteiger partial charge in [0, 0.05) is 39.4 Å². The predicted octanol–water partition coefficient (Wildman–Crippen LogP) is 6.72. The van der Waals surface area contributed by atoms with Gasteiger partial charge < -0.3 is 9.15 Å². The molecule has 1 aliphatic heterocycles. The first-order valence-electron chi connectivity index (χ1n) is 11.1. The molecule has 3 heteroatoms. The number of rotatable bonds is 2. The summed E-state index contributed by atoms with van der Waals surface area (Å²) in [5, 5.41) is 2.28. The normalized spacial score (nSPS) is 14.6. The van der Waals surface area contributed by atoms with Crippen LogP contribution < -0.4 is 9.30 Å². The average molecular weight is 421 g/mol. The van der Waals surface area contributed by atoms with Gasteiger partial charge in [-0.15, -0.1) is 0 Å². The van der Waals surface area contributed by atoms with Crippen LogP contribution in [0.4, 0.5) is 0 Å². The Balaban J connectivity index is 1.62. The van der Waals surface area contributed by atoms with E-state index in [2.05, 4.69) is 99.2 Å². The third kappa shape index (κ3) is 2.70. The van der Waals surface area contributed by atoms with Crippen molar-refractivity contribution in [2.24, 2.45) is 7.05 Å². The molecule has 0 saturated carbocycles. The van der Waals surface area contributed by atoms with E-state index < -0.39 is 0 Å². The summed E-state index contributed by atoms with van der Waals surface area (Å²) in [6, 6.07) is 23.6. The fraction of sp³-hybridized carbons (Fsp3) is 0.207. The number of para-hydroxylation sites is 1. The van der Waals surface area contributed by atoms with Gasteiger partial charge in [-0.1, -0.05) is 56.3 Å². The highest BCUT2D eigenvalue weighted by Crippen LogP contribution is 2.44. The number of hydrogen-bond donors (Lipinski definition) is 0. The summed E-state index contributed by atoms with van der Waals surface area (Å²) in [6.07, 6.45) is 2.08. The Kier molecular flexibility index (Phi) is 4.00. The zero-order valence-electron chi connectivity index (χ0n) is 18.9. The summed E-state index contributed by atoms with van der Waals surface area (Å²) in [5.74, 6) is 0.980. The molecular weight excluding hydrogens is 394 g/mol. The van der Waals surface area contributed by atoms with Gasteiger partial charge in [-0.3, -0.25) is 0 Å². The van der Waals surface area contributed by atoms with Gasteiger partial charge in [0.2, 0.25) is 5.69 Å². The first kappa shape index (κ1) is 19.1. The molecule has 3 aromatic carbocycles. The molecule has 3 nitrogen and oxygen atoms in total. The lowest BCUT2D eigenvalue weighted by atomic mass is 9.86. The smallest absolute Gasteiger partial charge is 0.216 e. The first-order chi connectivity index (χ1) is 15.4. The molecule has 0 amide bonds. The summed E-state index contributed by atoms with van der Waals surface area (Å²) in [7, 11) is 2.08. The first-order valence-corrected chi connectivity index (χ1v) is 11.1. The van der Waals surface area contributed by atoms with Crippen molar-refractivity contribution in [2.75, 3.05) is 6.61 Å². The van der Waals surface area contributed by atoms with Crippen LogP contribution in [0.3, 0.4) is 0 Å². The van der Waals surface area contributed by atoms with Crippen LogP contribution in [0.2, 0.25) is 0 Å². The number of ether oxygens (including phenoxy) is 1. The van der Waals surface area contributed by atoms with Crippen LogP contribution in [-0.4, -0.2) is 6.61 Å². The standard InChI is InChI=1S/C29H26NO2/c1-18-11-13-22-21-9-7-8-20(19-12-14-23-25(16-19)31-17-29(23,2)3)27(21)32-28(22)26(18)24-10-5-6-15-30(24)4/h5-16H,17H2,1-4H3/q+1. The Morgan fingerprint density at radius 2 is 1.72 bits per heavy atom. The highest BCUT2D eigenvalue weighted by molar-refractivity contribution is 6.13. The molecule has 6 rings (SSSR count). The van der Waals surface area contributed by atoms with Crippen molar-refractivity contribution in [3.05, 3.63) is 84.1 Å². The minimum absolute atomic E-state index is 0.0525. The molecule has 5 aromatic rings. The second-order valence-electron chi connectivity index (χ2n) is 9.50. The Labute approximate surface area is 187 Å². The van der Waals surface area contributed by atoms with Crippen molar-refractivity contribution in [1.29, 1.82) is 0 Å². The fourth-order valence-corrected chi connectivity index (χ4v) is 4.99. The van der Waals surface area contributed by atoms with E-state index in [9.17, 15) is 0 Å². The number of aryl methyl sites for hydroxylation is 2. The monoisotopic (exact) mass is 420 g/mol. The van der Waals surface area contributed by atoms with E-state index in [1.165, 1.54) is 11.1 Å². The van der Waals surface area contributed by atoms with Crippen molar-refractivity contribution < 1.29 is 13.7 Å². The van der Waals surface area contributed by atoms with E-state index in [0.29, 0.717) is 0 Å². The Hall–Kier alpha value is -3.59. The summed E-state index contributed by atoms with van der Waals surface area (Å²) < 4.78 is 14.8. The van der Waals surface area contributed by atoms with Gasteiger partial charge in [-0.05, 0) is 30.2 Å². The van der Waals surface area contributed by atoms with Crippen molar-refractivity contribution >= 4 is 21.9 Å². The molecule has 2 aromatic heterocycles. The third-order valence-electron chi connectivity index (χ3n) is 6.80.